The van der Waals surface area contributed by atoms with Crippen molar-refractivity contribution in [3.05, 3.63) is 41.0 Å². The number of fused-ring (bicyclic) bond motifs is 1. The van der Waals surface area contributed by atoms with E-state index in [2.05, 4.69) is 0 Å². The van der Waals surface area contributed by atoms with Crippen LogP contribution in [-0.4, -0.2) is 52.9 Å². The SMILES string of the molecule is COc1cc2c(cc1OC)CN(C(=O)c1cc(OC)c(OC)c(OC)c1)CC2. The third kappa shape index (κ3) is 3.52. The monoisotopic (exact) mass is 387 g/mol. The van der Waals surface area contributed by atoms with Crippen LogP contribution >= 0.6 is 0 Å². The first kappa shape index (κ1) is 19.7. The quantitative estimate of drug-likeness (QED) is 0.759. The van der Waals surface area contributed by atoms with E-state index in [0.717, 1.165) is 17.5 Å². The van der Waals surface area contributed by atoms with Crippen molar-refractivity contribution in [1.82, 2.24) is 4.90 Å². The summed E-state index contributed by atoms with van der Waals surface area (Å²) in [5.41, 5.74) is 2.69. The number of hydrogen-bond donors (Lipinski definition) is 0. The van der Waals surface area contributed by atoms with Crippen LogP contribution in [0, 0.1) is 0 Å². The van der Waals surface area contributed by atoms with Gasteiger partial charge in [-0.15, -0.1) is 0 Å². The second kappa shape index (κ2) is 8.29. The molecule has 3 rings (SSSR count). The van der Waals surface area contributed by atoms with Crippen LogP contribution in [0.15, 0.2) is 24.3 Å². The fraction of sp³-hybridized carbons (Fsp3) is 0.381. The Morgan fingerprint density at radius 1 is 0.750 bits per heavy atom. The van der Waals surface area contributed by atoms with Gasteiger partial charge in [-0.1, -0.05) is 0 Å². The minimum Gasteiger partial charge on any atom is -0.493 e. The first-order valence-corrected chi connectivity index (χ1v) is 8.89. The van der Waals surface area contributed by atoms with Crippen molar-refractivity contribution in [1.29, 1.82) is 0 Å². The zero-order valence-corrected chi connectivity index (χ0v) is 16.8. The first-order valence-electron chi connectivity index (χ1n) is 8.89. The Labute approximate surface area is 164 Å². The molecule has 7 heteroatoms. The lowest BCUT2D eigenvalue weighted by molar-refractivity contribution is 0.0733. The van der Waals surface area contributed by atoms with Gasteiger partial charge >= 0.3 is 0 Å². The van der Waals surface area contributed by atoms with Gasteiger partial charge in [0, 0.05) is 18.7 Å². The van der Waals surface area contributed by atoms with Gasteiger partial charge in [0.05, 0.1) is 35.5 Å². The second-order valence-electron chi connectivity index (χ2n) is 6.37. The van der Waals surface area contributed by atoms with Gasteiger partial charge in [-0.2, -0.15) is 0 Å². The van der Waals surface area contributed by atoms with E-state index >= 15 is 0 Å². The predicted octanol–water partition coefficient (Wildman–Crippen LogP) is 2.93. The van der Waals surface area contributed by atoms with E-state index in [9.17, 15) is 4.79 Å². The van der Waals surface area contributed by atoms with Crippen LogP contribution in [0.1, 0.15) is 21.5 Å². The van der Waals surface area contributed by atoms with Crippen LogP contribution in [-0.2, 0) is 13.0 Å². The summed E-state index contributed by atoms with van der Waals surface area (Å²) in [6.07, 6.45) is 0.742. The van der Waals surface area contributed by atoms with E-state index in [1.165, 1.54) is 21.3 Å². The highest BCUT2D eigenvalue weighted by molar-refractivity contribution is 5.95. The lowest BCUT2D eigenvalue weighted by Gasteiger charge is -2.30. The molecule has 0 aromatic heterocycles. The van der Waals surface area contributed by atoms with Crippen molar-refractivity contribution < 1.29 is 28.5 Å². The smallest absolute Gasteiger partial charge is 0.254 e. The van der Waals surface area contributed by atoms with Crippen LogP contribution in [0.25, 0.3) is 0 Å². The molecule has 0 saturated heterocycles. The van der Waals surface area contributed by atoms with Crippen LogP contribution in [0.2, 0.25) is 0 Å². The molecular formula is C21H25NO6. The van der Waals surface area contributed by atoms with Crippen molar-refractivity contribution in [3.63, 3.8) is 0 Å². The molecule has 0 N–H and O–H groups in total. The molecule has 7 nitrogen and oxygen atoms in total. The number of carbonyl (C=O) groups excluding carboxylic acids is 1. The molecule has 0 saturated carbocycles. The fourth-order valence-corrected chi connectivity index (χ4v) is 3.44. The molecule has 1 heterocycles. The summed E-state index contributed by atoms with van der Waals surface area (Å²) >= 11 is 0. The second-order valence-corrected chi connectivity index (χ2v) is 6.37. The molecule has 2 aromatic carbocycles. The maximum Gasteiger partial charge on any atom is 0.254 e. The Kier molecular flexibility index (Phi) is 5.82. The maximum absolute atomic E-state index is 13.1. The van der Waals surface area contributed by atoms with Gasteiger partial charge in [0.2, 0.25) is 5.75 Å². The number of carbonyl (C=O) groups is 1. The molecule has 0 radical (unpaired) electrons. The Morgan fingerprint density at radius 2 is 1.29 bits per heavy atom. The highest BCUT2D eigenvalue weighted by atomic mass is 16.5. The summed E-state index contributed by atoms with van der Waals surface area (Å²) in [6.45, 7) is 1.10. The van der Waals surface area contributed by atoms with Gasteiger partial charge in [0.1, 0.15) is 0 Å². The van der Waals surface area contributed by atoms with Gasteiger partial charge < -0.3 is 28.6 Å². The molecule has 0 bridgehead atoms. The molecule has 1 aliphatic heterocycles. The third-order valence-electron chi connectivity index (χ3n) is 4.92. The zero-order valence-electron chi connectivity index (χ0n) is 16.8. The Hall–Kier alpha value is -3.09. The molecule has 1 aliphatic rings. The van der Waals surface area contributed by atoms with Crippen molar-refractivity contribution >= 4 is 5.91 Å². The number of nitrogens with zero attached hydrogens (tertiary/aromatic N) is 1. The molecule has 0 aliphatic carbocycles. The van der Waals surface area contributed by atoms with E-state index in [1.807, 2.05) is 12.1 Å². The van der Waals surface area contributed by atoms with Crippen LogP contribution < -0.4 is 23.7 Å². The molecule has 0 spiro atoms. The molecule has 0 atom stereocenters. The first-order chi connectivity index (χ1) is 13.6. The molecule has 0 fully saturated rings. The maximum atomic E-state index is 13.1. The largest absolute Gasteiger partial charge is 0.493 e. The molecule has 1 amide bonds. The third-order valence-corrected chi connectivity index (χ3v) is 4.92. The van der Waals surface area contributed by atoms with Crippen LogP contribution in [0.5, 0.6) is 28.7 Å². The van der Waals surface area contributed by atoms with Gasteiger partial charge in [-0.25, -0.2) is 0 Å². The van der Waals surface area contributed by atoms with Crippen molar-refractivity contribution in [2.45, 2.75) is 13.0 Å². The summed E-state index contributed by atoms with van der Waals surface area (Å²) in [5.74, 6) is 2.62. The molecule has 2 aromatic rings. The summed E-state index contributed by atoms with van der Waals surface area (Å²) in [6, 6.07) is 7.26. The van der Waals surface area contributed by atoms with Crippen molar-refractivity contribution in [2.75, 3.05) is 42.1 Å². The topological polar surface area (TPSA) is 66.5 Å². The minimum atomic E-state index is -0.0975. The highest BCUT2D eigenvalue weighted by Crippen LogP contribution is 2.39. The predicted molar refractivity (Wildman–Crippen MR) is 104 cm³/mol. The number of benzene rings is 2. The van der Waals surface area contributed by atoms with Gasteiger partial charge in [0.15, 0.2) is 23.0 Å². The van der Waals surface area contributed by atoms with E-state index < -0.39 is 0 Å². The number of rotatable bonds is 6. The normalized spacial score (nSPS) is 12.8. The molecule has 0 unspecified atom stereocenters. The van der Waals surface area contributed by atoms with Crippen molar-refractivity contribution in [3.8, 4) is 28.7 Å². The highest BCUT2D eigenvalue weighted by Gasteiger charge is 2.25. The average Bonchev–Trinajstić information content (AvgIpc) is 2.75. The lowest BCUT2D eigenvalue weighted by Crippen LogP contribution is -2.36. The van der Waals surface area contributed by atoms with Gasteiger partial charge in [-0.3, -0.25) is 4.79 Å². The molecule has 150 valence electrons. The summed E-state index contributed by atoms with van der Waals surface area (Å²) < 4.78 is 26.8. The average molecular weight is 387 g/mol. The standard InChI is InChI=1S/C21H25NO6/c1-24-16-8-13-6-7-22(12-15(13)11-17(16)25-2)21(23)14-9-18(26-3)20(28-5)19(10-14)27-4/h8-11H,6-7,12H2,1-5H3. The minimum absolute atomic E-state index is 0.0975. The molecule has 28 heavy (non-hydrogen) atoms. The summed E-state index contributed by atoms with van der Waals surface area (Å²) in [4.78, 5) is 14.9. The number of amides is 1. The number of ether oxygens (including phenoxy) is 5. The zero-order chi connectivity index (χ0) is 20.3. The van der Waals surface area contributed by atoms with Crippen LogP contribution in [0.3, 0.4) is 0 Å². The summed E-state index contributed by atoms with van der Waals surface area (Å²) in [7, 11) is 7.81. The Bertz CT molecular complexity index is 854. The van der Waals surface area contributed by atoms with E-state index in [-0.39, 0.29) is 5.91 Å². The lowest BCUT2D eigenvalue weighted by atomic mass is 9.98. The Balaban J connectivity index is 1.91. The van der Waals surface area contributed by atoms with Gasteiger partial charge in [0.25, 0.3) is 5.91 Å². The number of hydrogen-bond acceptors (Lipinski definition) is 6. The van der Waals surface area contributed by atoms with E-state index in [0.29, 0.717) is 47.4 Å². The number of methoxy groups -OCH3 is 5. The van der Waals surface area contributed by atoms with Gasteiger partial charge in [-0.05, 0) is 41.8 Å². The molecular weight excluding hydrogens is 362 g/mol. The Morgan fingerprint density at radius 3 is 1.79 bits per heavy atom. The fourth-order valence-electron chi connectivity index (χ4n) is 3.44. The summed E-state index contributed by atoms with van der Waals surface area (Å²) in [5, 5.41) is 0. The van der Waals surface area contributed by atoms with E-state index in [4.69, 9.17) is 23.7 Å². The van der Waals surface area contributed by atoms with Crippen molar-refractivity contribution in [2.24, 2.45) is 0 Å². The van der Waals surface area contributed by atoms with E-state index in [1.54, 1.807) is 31.3 Å². The van der Waals surface area contributed by atoms with Crippen LogP contribution in [0.4, 0.5) is 0 Å².